The Balaban J connectivity index is 1.45. The van der Waals surface area contributed by atoms with Gasteiger partial charge in [-0.1, -0.05) is 35.3 Å². The van der Waals surface area contributed by atoms with Crippen molar-refractivity contribution in [2.75, 3.05) is 9.44 Å². The Morgan fingerprint density at radius 3 is 1.22 bits per heavy atom. The van der Waals surface area contributed by atoms with Crippen molar-refractivity contribution in [3.63, 3.8) is 0 Å². The molecule has 182 valence electrons. The molecule has 4 aromatic carbocycles. The highest BCUT2D eigenvalue weighted by molar-refractivity contribution is 7.93. The third kappa shape index (κ3) is 4.58. The second-order valence-corrected chi connectivity index (χ2v) is 12.2. The second-order valence-electron chi connectivity index (χ2n) is 7.97. The normalized spacial score (nSPS) is 12.7. The van der Waals surface area contributed by atoms with E-state index >= 15 is 0 Å². The molecule has 5 rings (SSSR count). The molecule has 0 fully saturated rings. The van der Waals surface area contributed by atoms with Crippen LogP contribution in [0.1, 0.15) is 15.9 Å². The van der Waals surface area contributed by atoms with E-state index in [1.54, 1.807) is 24.3 Å². The van der Waals surface area contributed by atoms with Gasteiger partial charge in [-0.15, -0.1) is 0 Å². The Morgan fingerprint density at radius 1 is 0.500 bits per heavy atom. The highest BCUT2D eigenvalue weighted by Gasteiger charge is 2.30. The number of hydrogen-bond donors (Lipinski definition) is 2. The van der Waals surface area contributed by atoms with E-state index in [4.69, 9.17) is 23.2 Å². The monoisotopic (exact) mass is 558 g/mol. The molecule has 0 radical (unpaired) electrons. The number of hydrogen-bond acceptors (Lipinski definition) is 5. The maximum absolute atomic E-state index is 13.2. The number of benzene rings is 4. The van der Waals surface area contributed by atoms with Crippen molar-refractivity contribution in [3.8, 4) is 11.1 Å². The molecule has 36 heavy (non-hydrogen) atoms. The third-order valence-electron chi connectivity index (χ3n) is 5.57. The summed E-state index contributed by atoms with van der Waals surface area (Å²) in [4.78, 5) is 13.0. The van der Waals surface area contributed by atoms with E-state index in [0.717, 1.165) is 0 Å². The van der Waals surface area contributed by atoms with Gasteiger partial charge >= 0.3 is 0 Å². The number of anilines is 2. The summed E-state index contributed by atoms with van der Waals surface area (Å²) in [5, 5.41) is 0.923. The van der Waals surface area contributed by atoms with Gasteiger partial charge in [0, 0.05) is 32.5 Å². The first-order chi connectivity index (χ1) is 17.0. The summed E-state index contributed by atoms with van der Waals surface area (Å²) in [5.41, 5.74) is 2.02. The lowest BCUT2D eigenvalue weighted by Gasteiger charge is -2.10. The number of ketones is 1. The summed E-state index contributed by atoms with van der Waals surface area (Å²) in [5.74, 6) is -0.466. The molecule has 0 bridgehead atoms. The van der Waals surface area contributed by atoms with Gasteiger partial charge < -0.3 is 0 Å². The summed E-state index contributed by atoms with van der Waals surface area (Å²) in [6.07, 6.45) is 0. The van der Waals surface area contributed by atoms with E-state index < -0.39 is 25.8 Å². The van der Waals surface area contributed by atoms with Crippen LogP contribution >= 0.6 is 23.2 Å². The van der Waals surface area contributed by atoms with Crippen LogP contribution in [-0.2, 0) is 20.0 Å². The van der Waals surface area contributed by atoms with Gasteiger partial charge in [0.25, 0.3) is 20.0 Å². The van der Waals surface area contributed by atoms with Crippen LogP contribution in [0, 0.1) is 0 Å². The number of sulfonamides is 2. The maximum Gasteiger partial charge on any atom is 0.261 e. The van der Waals surface area contributed by atoms with Crippen molar-refractivity contribution in [2.45, 2.75) is 9.79 Å². The zero-order valence-electron chi connectivity index (χ0n) is 18.2. The molecule has 2 N–H and O–H groups in total. The fourth-order valence-corrected chi connectivity index (χ4v) is 6.26. The largest absolute Gasteiger partial charge is 0.289 e. The van der Waals surface area contributed by atoms with Crippen molar-refractivity contribution in [3.05, 3.63) is 106 Å². The lowest BCUT2D eigenvalue weighted by atomic mass is 10.1. The third-order valence-corrected chi connectivity index (χ3v) is 8.84. The minimum Gasteiger partial charge on any atom is -0.289 e. The summed E-state index contributed by atoms with van der Waals surface area (Å²) < 4.78 is 56.5. The van der Waals surface area contributed by atoms with E-state index in [9.17, 15) is 21.6 Å². The molecule has 0 saturated carbocycles. The van der Waals surface area contributed by atoms with Crippen LogP contribution in [0.2, 0.25) is 10.0 Å². The summed E-state index contributed by atoms with van der Waals surface area (Å²) in [7, 11) is -7.98. The fourth-order valence-electron chi connectivity index (χ4n) is 3.84. The average molecular weight is 559 g/mol. The molecule has 0 aromatic heterocycles. The minimum absolute atomic E-state index is 0.102. The van der Waals surface area contributed by atoms with Gasteiger partial charge in [-0.2, -0.15) is 0 Å². The smallest absolute Gasteiger partial charge is 0.261 e. The number of carbonyl (C=O) groups is 1. The Labute approximate surface area is 217 Å². The van der Waals surface area contributed by atoms with E-state index in [-0.39, 0.29) is 20.9 Å². The topological polar surface area (TPSA) is 109 Å². The lowest BCUT2D eigenvalue weighted by Crippen LogP contribution is -2.14. The van der Waals surface area contributed by atoms with E-state index in [1.165, 1.54) is 60.7 Å². The van der Waals surface area contributed by atoms with Crippen LogP contribution in [0.5, 0.6) is 0 Å². The molecule has 1 aliphatic rings. The number of halogens is 2. The maximum atomic E-state index is 13.2. The summed E-state index contributed by atoms with van der Waals surface area (Å²) in [6, 6.07) is 20.7. The average Bonchev–Trinajstić information content (AvgIpc) is 3.13. The molecular formula is C25H16Cl2N2O5S2. The van der Waals surface area contributed by atoms with Gasteiger partial charge in [0.1, 0.15) is 0 Å². The molecule has 11 heteroatoms. The molecule has 0 spiro atoms. The summed E-state index contributed by atoms with van der Waals surface area (Å²) >= 11 is 11.7. The number of rotatable bonds is 6. The van der Waals surface area contributed by atoms with Crippen molar-refractivity contribution >= 4 is 60.4 Å². The van der Waals surface area contributed by atoms with E-state index in [2.05, 4.69) is 9.44 Å². The quantitative estimate of drug-likeness (QED) is 0.273. The zero-order valence-corrected chi connectivity index (χ0v) is 21.3. The Kier molecular flexibility index (Phi) is 6.04. The van der Waals surface area contributed by atoms with Crippen LogP contribution in [0.25, 0.3) is 11.1 Å². The Morgan fingerprint density at radius 2 is 0.861 bits per heavy atom. The zero-order chi connectivity index (χ0) is 25.7. The molecule has 0 amide bonds. The molecule has 7 nitrogen and oxygen atoms in total. The van der Waals surface area contributed by atoms with Crippen LogP contribution < -0.4 is 9.44 Å². The number of carbonyl (C=O) groups excluding carboxylic acids is 1. The molecule has 0 aliphatic heterocycles. The van der Waals surface area contributed by atoms with Crippen LogP contribution in [0.3, 0.4) is 0 Å². The molecule has 1 aliphatic carbocycles. The first-order valence-electron chi connectivity index (χ1n) is 10.4. The van der Waals surface area contributed by atoms with Gasteiger partial charge in [-0.3, -0.25) is 14.2 Å². The van der Waals surface area contributed by atoms with Gasteiger partial charge in [0.2, 0.25) is 0 Å². The predicted molar refractivity (Wildman–Crippen MR) is 140 cm³/mol. The van der Waals surface area contributed by atoms with Crippen molar-refractivity contribution in [1.82, 2.24) is 0 Å². The first-order valence-corrected chi connectivity index (χ1v) is 14.2. The Hall–Kier alpha value is -3.37. The SMILES string of the molecule is O=C1c2cc(S(=O)(=O)Nc3ccc(Cl)cc3)ccc2-c2ccc(S(=O)(=O)Nc3ccc(Cl)cc3)cc21. The van der Waals surface area contributed by atoms with Crippen LogP contribution in [0.4, 0.5) is 11.4 Å². The van der Waals surface area contributed by atoms with E-state index in [1.807, 2.05) is 0 Å². The van der Waals surface area contributed by atoms with Crippen molar-refractivity contribution < 1.29 is 21.6 Å². The van der Waals surface area contributed by atoms with Crippen LogP contribution in [-0.4, -0.2) is 22.6 Å². The van der Waals surface area contributed by atoms with E-state index in [0.29, 0.717) is 32.5 Å². The standard InChI is InChI=1S/C25H16Cl2N2O5S2/c26-15-1-5-17(6-2-15)28-35(31,32)19-9-11-21-22-12-10-20(14-24(22)25(30)23(21)13-19)36(33,34)29-18-7-3-16(27)4-8-18/h1-14,28-29H. The minimum atomic E-state index is -3.99. The molecule has 4 aromatic rings. The van der Waals surface area contributed by atoms with Gasteiger partial charge in [-0.25, -0.2) is 16.8 Å². The number of fused-ring (bicyclic) bond motifs is 3. The first kappa shape index (κ1) is 24.3. The van der Waals surface area contributed by atoms with Gasteiger partial charge in [0.05, 0.1) is 9.79 Å². The molecular weight excluding hydrogens is 543 g/mol. The second kappa shape index (κ2) is 8.94. The highest BCUT2D eigenvalue weighted by Crippen LogP contribution is 2.39. The molecule has 0 unspecified atom stereocenters. The number of nitrogens with one attached hydrogen (secondary N) is 2. The molecule has 0 saturated heterocycles. The fraction of sp³-hybridized carbons (Fsp3) is 0. The molecule has 0 heterocycles. The van der Waals surface area contributed by atoms with Crippen molar-refractivity contribution in [1.29, 1.82) is 0 Å². The van der Waals surface area contributed by atoms with Gasteiger partial charge in [-0.05, 0) is 83.9 Å². The summed E-state index contributed by atoms with van der Waals surface area (Å²) in [6.45, 7) is 0. The predicted octanol–water partition coefficient (Wildman–Crippen LogP) is 5.81. The highest BCUT2D eigenvalue weighted by atomic mass is 35.5. The lowest BCUT2D eigenvalue weighted by molar-refractivity contribution is 0.104. The Bertz CT molecular complexity index is 1610. The van der Waals surface area contributed by atoms with Crippen molar-refractivity contribution in [2.24, 2.45) is 0 Å². The molecule has 0 atom stereocenters. The van der Waals surface area contributed by atoms with Crippen LogP contribution in [0.15, 0.2) is 94.7 Å². The van der Waals surface area contributed by atoms with Gasteiger partial charge in [0.15, 0.2) is 5.78 Å².